The highest BCUT2D eigenvalue weighted by Crippen LogP contribution is 2.21. The topological polar surface area (TPSA) is 61.7 Å². The van der Waals surface area contributed by atoms with Crippen molar-refractivity contribution in [2.45, 2.75) is 20.8 Å². The van der Waals surface area contributed by atoms with Crippen LogP contribution in [0.15, 0.2) is 46.0 Å². The van der Waals surface area contributed by atoms with E-state index in [9.17, 15) is 9.90 Å². The van der Waals surface area contributed by atoms with E-state index < -0.39 is 5.91 Å². The van der Waals surface area contributed by atoms with E-state index >= 15 is 0 Å². The van der Waals surface area contributed by atoms with E-state index in [0.717, 1.165) is 16.7 Å². The number of phenolic OH excluding ortho intramolecular Hbond substituents is 1. The fraction of sp³-hybridized carbons (Fsp3) is 0.176. The molecule has 0 heterocycles. The van der Waals surface area contributed by atoms with E-state index in [2.05, 4.69) is 26.5 Å². The Morgan fingerprint density at radius 1 is 1.14 bits per heavy atom. The minimum absolute atomic E-state index is 0.0831. The van der Waals surface area contributed by atoms with Crippen molar-refractivity contribution in [1.29, 1.82) is 0 Å². The molecule has 0 atom stereocenters. The Morgan fingerprint density at radius 2 is 1.86 bits per heavy atom. The average molecular weight is 361 g/mol. The van der Waals surface area contributed by atoms with Crippen molar-refractivity contribution in [2.24, 2.45) is 5.10 Å². The summed E-state index contributed by atoms with van der Waals surface area (Å²) in [5.74, 6) is -0.538. The van der Waals surface area contributed by atoms with Crippen LogP contribution in [-0.4, -0.2) is 16.7 Å². The Hall–Kier alpha value is -2.14. The van der Waals surface area contributed by atoms with Gasteiger partial charge >= 0.3 is 0 Å². The summed E-state index contributed by atoms with van der Waals surface area (Å²) in [5.41, 5.74) is 6.57. The molecule has 0 aliphatic heterocycles. The van der Waals surface area contributed by atoms with Crippen LogP contribution in [0.25, 0.3) is 0 Å². The molecular weight excluding hydrogens is 344 g/mol. The van der Waals surface area contributed by atoms with Crippen molar-refractivity contribution < 1.29 is 9.90 Å². The molecule has 22 heavy (non-hydrogen) atoms. The number of nitrogens with one attached hydrogen (secondary N) is 1. The first-order valence-electron chi connectivity index (χ1n) is 6.79. The zero-order chi connectivity index (χ0) is 16.3. The van der Waals surface area contributed by atoms with Crippen LogP contribution in [0.4, 0.5) is 0 Å². The van der Waals surface area contributed by atoms with Crippen LogP contribution in [0.2, 0.25) is 0 Å². The molecular formula is C17H17BrN2O2. The molecule has 0 aliphatic rings. The first-order valence-corrected chi connectivity index (χ1v) is 7.58. The second-order valence-corrected chi connectivity index (χ2v) is 6.03. The van der Waals surface area contributed by atoms with Gasteiger partial charge in [0.05, 0.1) is 11.3 Å². The fourth-order valence-corrected chi connectivity index (χ4v) is 2.43. The lowest BCUT2D eigenvalue weighted by atomic mass is 10.0. The smallest absolute Gasteiger partial charge is 0.275 e. The molecule has 0 saturated carbocycles. The molecule has 0 radical (unpaired) electrons. The Bertz CT molecular complexity index is 754. The van der Waals surface area contributed by atoms with Gasteiger partial charge in [0.25, 0.3) is 5.91 Å². The number of amides is 1. The molecule has 2 aromatic rings. The van der Waals surface area contributed by atoms with Gasteiger partial charge in [0.2, 0.25) is 0 Å². The van der Waals surface area contributed by atoms with E-state index in [1.165, 1.54) is 6.07 Å². The molecule has 0 spiro atoms. The summed E-state index contributed by atoms with van der Waals surface area (Å²) in [5, 5.41) is 13.9. The van der Waals surface area contributed by atoms with E-state index in [1.807, 2.05) is 39.0 Å². The van der Waals surface area contributed by atoms with E-state index in [0.29, 0.717) is 10.2 Å². The monoisotopic (exact) mass is 360 g/mol. The van der Waals surface area contributed by atoms with Gasteiger partial charge in [0, 0.05) is 10.0 Å². The lowest BCUT2D eigenvalue weighted by molar-refractivity contribution is 0.0952. The average Bonchev–Trinajstić information content (AvgIpc) is 2.49. The summed E-state index contributed by atoms with van der Waals surface area (Å²) in [4.78, 5) is 12.1. The molecule has 0 saturated heterocycles. The van der Waals surface area contributed by atoms with Crippen LogP contribution >= 0.6 is 15.9 Å². The number of hydrogen-bond acceptors (Lipinski definition) is 3. The largest absolute Gasteiger partial charge is 0.507 e. The predicted molar refractivity (Wildman–Crippen MR) is 91.4 cm³/mol. The quantitative estimate of drug-likeness (QED) is 0.643. The van der Waals surface area contributed by atoms with Gasteiger partial charge in [-0.05, 0) is 50.6 Å². The minimum Gasteiger partial charge on any atom is -0.507 e. The Labute approximate surface area is 138 Å². The number of carbonyl (C=O) groups is 1. The van der Waals surface area contributed by atoms with Crippen molar-refractivity contribution >= 4 is 27.5 Å². The van der Waals surface area contributed by atoms with E-state index in [1.54, 1.807) is 12.1 Å². The second kappa shape index (κ2) is 6.75. The minimum atomic E-state index is -0.455. The zero-order valence-electron chi connectivity index (χ0n) is 12.6. The molecule has 0 unspecified atom stereocenters. The molecule has 0 bridgehead atoms. The van der Waals surface area contributed by atoms with Gasteiger partial charge in [-0.3, -0.25) is 4.79 Å². The van der Waals surface area contributed by atoms with Crippen LogP contribution < -0.4 is 5.43 Å². The maximum atomic E-state index is 12.1. The molecule has 0 aliphatic carbocycles. The lowest BCUT2D eigenvalue weighted by Crippen LogP contribution is -2.19. The van der Waals surface area contributed by atoms with E-state index in [4.69, 9.17) is 0 Å². The maximum absolute atomic E-state index is 12.1. The number of aromatic hydroxyl groups is 1. The normalized spacial score (nSPS) is 11.4. The number of aryl methyl sites for hydroxylation is 2. The van der Waals surface area contributed by atoms with Crippen molar-refractivity contribution in [3.8, 4) is 5.75 Å². The van der Waals surface area contributed by atoms with Crippen LogP contribution in [0.1, 0.15) is 34.0 Å². The lowest BCUT2D eigenvalue weighted by Gasteiger charge is -2.08. The summed E-state index contributed by atoms with van der Waals surface area (Å²) in [6, 6.07) is 10.7. The van der Waals surface area contributed by atoms with Crippen LogP contribution in [-0.2, 0) is 0 Å². The van der Waals surface area contributed by atoms with Crippen molar-refractivity contribution in [3.05, 3.63) is 63.1 Å². The van der Waals surface area contributed by atoms with Crippen molar-refractivity contribution in [3.63, 3.8) is 0 Å². The summed E-state index contributed by atoms with van der Waals surface area (Å²) >= 11 is 3.27. The number of halogens is 1. The standard InChI is InChI=1S/C17H17BrN2O2/c1-10-4-5-11(2)14(8-10)12(3)19-20-17(22)15-9-13(18)6-7-16(15)21/h4-9,21H,1-3H3,(H,20,22)/b19-12-. The van der Waals surface area contributed by atoms with Gasteiger partial charge in [0.1, 0.15) is 5.75 Å². The van der Waals surface area contributed by atoms with Crippen LogP contribution in [0, 0.1) is 13.8 Å². The third-order valence-electron chi connectivity index (χ3n) is 3.31. The number of benzene rings is 2. The van der Waals surface area contributed by atoms with E-state index in [-0.39, 0.29) is 11.3 Å². The van der Waals surface area contributed by atoms with Gasteiger partial charge in [-0.25, -0.2) is 5.43 Å². The molecule has 2 rings (SSSR count). The number of phenols is 1. The molecule has 4 nitrogen and oxygen atoms in total. The molecule has 114 valence electrons. The molecule has 1 amide bonds. The zero-order valence-corrected chi connectivity index (χ0v) is 14.2. The molecule has 0 fully saturated rings. The number of hydrazone groups is 1. The molecule has 5 heteroatoms. The summed E-state index contributed by atoms with van der Waals surface area (Å²) in [6.45, 7) is 5.84. The highest BCUT2D eigenvalue weighted by Gasteiger charge is 2.11. The molecule has 2 N–H and O–H groups in total. The Kier molecular flexibility index (Phi) is 4.98. The third kappa shape index (κ3) is 3.74. The third-order valence-corrected chi connectivity index (χ3v) is 3.80. The second-order valence-electron chi connectivity index (χ2n) is 5.12. The van der Waals surface area contributed by atoms with Gasteiger partial charge in [-0.1, -0.05) is 33.6 Å². The summed E-state index contributed by atoms with van der Waals surface area (Å²) in [7, 11) is 0. The first kappa shape index (κ1) is 16.2. The number of carbonyl (C=O) groups excluding carboxylic acids is 1. The highest BCUT2D eigenvalue weighted by molar-refractivity contribution is 9.10. The highest BCUT2D eigenvalue weighted by atomic mass is 79.9. The maximum Gasteiger partial charge on any atom is 0.275 e. The van der Waals surface area contributed by atoms with Gasteiger partial charge < -0.3 is 5.11 Å². The van der Waals surface area contributed by atoms with Crippen LogP contribution in [0.5, 0.6) is 5.75 Å². The van der Waals surface area contributed by atoms with Crippen molar-refractivity contribution in [2.75, 3.05) is 0 Å². The Morgan fingerprint density at radius 3 is 2.59 bits per heavy atom. The fourth-order valence-electron chi connectivity index (χ4n) is 2.07. The van der Waals surface area contributed by atoms with Crippen molar-refractivity contribution in [1.82, 2.24) is 5.43 Å². The SMILES string of the molecule is C/C(=N/NC(=O)c1cc(Br)ccc1O)c1cc(C)ccc1C. The predicted octanol–water partition coefficient (Wildman–Crippen LogP) is 3.93. The summed E-state index contributed by atoms with van der Waals surface area (Å²) < 4.78 is 0.714. The summed E-state index contributed by atoms with van der Waals surface area (Å²) in [6.07, 6.45) is 0. The molecule has 0 aromatic heterocycles. The van der Waals surface area contributed by atoms with Gasteiger partial charge in [-0.15, -0.1) is 0 Å². The van der Waals surface area contributed by atoms with Gasteiger partial charge in [0.15, 0.2) is 0 Å². The number of rotatable bonds is 3. The Balaban J connectivity index is 2.22. The van der Waals surface area contributed by atoms with Gasteiger partial charge in [-0.2, -0.15) is 5.10 Å². The number of nitrogens with zero attached hydrogens (tertiary/aromatic N) is 1. The first-order chi connectivity index (χ1) is 10.4. The van der Waals surface area contributed by atoms with Crippen LogP contribution in [0.3, 0.4) is 0 Å². The number of hydrogen-bond donors (Lipinski definition) is 2. The molecule has 2 aromatic carbocycles.